The minimum Gasteiger partial charge on any atom is -0.351 e. The van der Waals surface area contributed by atoms with Crippen molar-refractivity contribution in [3.8, 4) is 0 Å². The topological polar surface area (TPSA) is 29.1 Å². The molecule has 0 bridgehead atoms. The Morgan fingerprint density at radius 1 is 1.39 bits per heavy atom. The number of benzene rings is 1. The van der Waals surface area contributed by atoms with E-state index in [0.29, 0.717) is 0 Å². The number of halogens is 5. The van der Waals surface area contributed by atoms with Gasteiger partial charge >= 0.3 is 5.51 Å². The molecule has 1 aromatic carbocycles. The zero-order valence-electron chi connectivity index (χ0n) is 8.85. The number of hydrogen-bond acceptors (Lipinski definition) is 2. The molecule has 0 aliphatic rings. The van der Waals surface area contributed by atoms with Crippen LogP contribution in [0.2, 0.25) is 0 Å². The van der Waals surface area contributed by atoms with E-state index in [9.17, 15) is 22.4 Å². The van der Waals surface area contributed by atoms with Crippen LogP contribution in [0.15, 0.2) is 22.7 Å². The van der Waals surface area contributed by atoms with E-state index in [1.54, 1.807) is 0 Å². The molecule has 1 rings (SSSR count). The molecule has 100 valence electrons. The first-order valence-electron chi connectivity index (χ1n) is 4.73. The van der Waals surface area contributed by atoms with Gasteiger partial charge in [-0.05, 0) is 45.9 Å². The Hall–Kier alpha value is -0.760. The molecule has 0 spiro atoms. The Labute approximate surface area is 113 Å². The SMILES string of the molecule is O=C(NCCSC(F)(F)F)c1ccc(Br)c(F)c1. The van der Waals surface area contributed by atoms with E-state index < -0.39 is 17.2 Å². The number of thioether (sulfide) groups is 1. The van der Waals surface area contributed by atoms with Crippen LogP contribution in [0.5, 0.6) is 0 Å². The van der Waals surface area contributed by atoms with Crippen molar-refractivity contribution in [1.82, 2.24) is 5.32 Å². The van der Waals surface area contributed by atoms with Gasteiger partial charge in [-0.2, -0.15) is 13.2 Å². The highest BCUT2D eigenvalue weighted by Crippen LogP contribution is 2.29. The number of carbonyl (C=O) groups is 1. The lowest BCUT2D eigenvalue weighted by Gasteiger charge is -2.07. The number of alkyl halides is 3. The normalized spacial score (nSPS) is 11.4. The molecule has 1 aromatic rings. The maximum absolute atomic E-state index is 13.1. The van der Waals surface area contributed by atoms with Gasteiger partial charge in [0.1, 0.15) is 5.82 Å². The van der Waals surface area contributed by atoms with Crippen LogP contribution < -0.4 is 5.32 Å². The van der Waals surface area contributed by atoms with Gasteiger partial charge in [-0.1, -0.05) is 0 Å². The van der Waals surface area contributed by atoms with Gasteiger partial charge in [0.2, 0.25) is 0 Å². The predicted octanol–water partition coefficient (Wildman–Crippen LogP) is 3.57. The van der Waals surface area contributed by atoms with E-state index in [1.807, 2.05) is 0 Å². The molecule has 0 atom stereocenters. The first-order chi connectivity index (χ1) is 8.29. The highest BCUT2D eigenvalue weighted by atomic mass is 79.9. The van der Waals surface area contributed by atoms with Crippen molar-refractivity contribution in [1.29, 1.82) is 0 Å². The van der Waals surface area contributed by atoms with Crippen molar-refractivity contribution < 1.29 is 22.4 Å². The molecule has 0 saturated heterocycles. The summed E-state index contributed by atoms with van der Waals surface area (Å²) in [7, 11) is 0. The Bertz CT molecular complexity index is 438. The third-order valence-electron chi connectivity index (χ3n) is 1.84. The number of amides is 1. The first-order valence-corrected chi connectivity index (χ1v) is 6.51. The van der Waals surface area contributed by atoms with E-state index in [1.165, 1.54) is 12.1 Å². The Morgan fingerprint density at radius 3 is 2.61 bits per heavy atom. The van der Waals surface area contributed by atoms with Crippen LogP contribution in [0.25, 0.3) is 0 Å². The van der Waals surface area contributed by atoms with Crippen LogP contribution in [0, 0.1) is 5.82 Å². The second kappa shape index (κ2) is 6.42. The van der Waals surface area contributed by atoms with E-state index >= 15 is 0 Å². The number of hydrogen-bond donors (Lipinski definition) is 1. The molecule has 2 nitrogen and oxygen atoms in total. The lowest BCUT2D eigenvalue weighted by molar-refractivity contribution is -0.0327. The van der Waals surface area contributed by atoms with Crippen LogP contribution in [0.4, 0.5) is 17.6 Å². The standard InChI is InChI=1S/C10H8BrF4NOS/c11-7-2-1-6(5-8(7)12)9(17)16-3-4-18-10(13,14)15/h1-2,5H,3-4H2,(H,16,17). The minimum atomic E-state index is -4.31. The van der Waals surface area contributed by atoms with Gasteiger partial charge in [-0.15, -0.1) is 0 Å². The predicted molar refractivity (Wildman–Crippen MR) is 64.9 cm³/mol. The molecular weight excluding hydrogens is 338 g/mol. The van der Waals surface area contributed by atoms with Gasteiger partial charge in [0.05, 0.1) is 4.47 Å². The summed E-state index contributed by atoms with van der Waals surface area (Å²) in [5.41, 5.74) is -4.25. The molecule has 8 heteroatoms. The summed E-state index contributed by atoms with van der Waals surface area (Å²) in [6.07, 6.45) is 0. The smallest absolute Gasteiger partial charge is 0.351 e. The summed E-state index contributed by atoms with van der Waals surface area (Å²) >= 11 is 2.71. The highest BCUT2D eigenvalue weighted by Gasteiger charge is 2.27. The summed E-state index contributed by atoms with van der Waals surface area (Å²) in [6.45, 7) is -0.138. The van der Waals surface area contributed by atoms with Crippen LogP contribution in [0.3, 0.4) is 0 Å². The zero-order valence-corrected chi connectivity index (χ0v) is 11.3. The maximum atomic E-state index is 13.1. The fourth-order valence-electron chi connectivity index (χ4n) is 1.07. The minimum absolute atomic E-state index is 0.0627. The maximum Gasteiger partial charge on any atom is 0.441 e. The van der Waals surface area contributed by atoms with Crippen LogP contribution in [-0.2, 0) is 0 Å². The van der Waals surface area contributed by atoms with E-state index in [4.69, 9.17) is 0 Å². The monoisotopic (exact) mass is 345 g/mol. The zero-order chi connectivity index (χ0) is 13.8. The number of nitrogens with one attached hydrogen (secondary N) is 1. The van der Waals surface area contributed by atoms with Crippen molar-refractivity contribution >= 4 is 33.6 Å². The van der Waals surface area contributed by atoms with Crippen molar-refractivity contribution in [2.24, 2.45) is 0 Å². The van der Waals surface area contributed by atoms with Crippen molar-refractivity contribution in [2.45, 2.75) is 5.51 Å². The average Bonchev–Trinajstić information content (AvgIpc) is 2.26. The van der Waals surface area contributed by atoms with Crippen molar-refractivity contribution in [2.75, 3.05) is 12.3 Å². The molecule has 0 saturated carbocycles. The third kappa shape index (κ3) is 5.26. The van der Waals surface area contributed by atoms with Crippen molar-refractivity contribution in [3.63, 3.8) is 0 Å². The van der Waals surface area contributed by atoms with Crippen molar-refractivity contribution in [3.05, 3.63) is 34.1 Å². The second-order valence-corrected chi connectivity index (χ2v) is 5.19. The molecule has 0 fully saturated rings. The second-order valence-electron chi connectivity index (χ2n) is 3.18. The van der Waals surface area contributed by atoms with E-state index in [2.05, 4.69) is 21.2 Å². The largest absolute Gasteiger partial charge is 0.441 e. The fourth-order valence-corrected chi connectivity index (χ4v) is 1.75. The van der Waals surface area contributed by atoms with Gasteiger partial charge in [-0.3, -0.25) is 4.79 Å². The van der Waals surface area contributed by atoms with Crippen LogP contribution >= 0.6 is 27.7 Å². The lowest BCUT2D eigenvalue weighted by Crippen LogP contribution is -2.26. The quantitative estimate of drug-likeness (QED) is 0.667. The summed E-state index contributed by atoms with van der Waals surface area (Å²) in [6, 6.07) is 3.74. The lowest BCUT2D eigenvalue weighted by atomic mass is 10.2. The summed E-state index contributed by atoms with van der Waals surface area (Å²) < 4.78 is 48.7. The average molecular weight is 346 g/mol. The van der Waals surface area contributed by atoms with Gasteiger partial charge in [0.15, 0.2) is 0 Å². The molecule has 0 aliphatic carbocycles. The first kappa shape index (κ1) is 15.3. The van der Waals surface area contributed by atoms with E-state index in [-0.39, 0.29) is 34.1 Å². The third-order valence-corrected chi connectivity index (χ3v) is 3.21. The summed E-state index contributed by atoms with van der Waals surface area (Å²) in [5, 5.41) is 2.28. The Morgan fingerprint density at radius 2 is 2.06 bits per heavy atom. The highest BCUT2D eigenvalue weighted by molar-refractivity contribution is 9.10. The molecule has 18 heavy (non-hydrogen) atoms. The summed E-state index contributed by atoms with van der Waals surface area (Å²) in [5.74, 6) is -1.50. The van der Waals surface area contributed by atoms with Crippen LogP contribution in [-0.4, -0.2) is 23.7 Å². The fraction of sp³-hybridized carbons (Fsp3) is 0.300. The molecule has 0 unspecified atom stereocenters. The Kier molecular flexibility index (Phi) is 5.46. The Balaban J connectivity index is 2.43. The summed E-state index contributed by atoms with van der Waals surface area (Å²) in [4.78, 5) is 11.4. The molecule has 1 amide bonds. The van der Waals surface area contributed by atoms with E-state index in [0.717, 1.165) is 6.07 Å². The molecular formula is C10H8BrF4NOS. The van der Waals surface area contributed by atoms with Gasteiger partial charge in [0.25, 0.3) is 5.91 Å². The van der Waals surface area contributed by atoms with Gasteiger partial charge in [-0.25, -0.2) is 4.39 Å². The number of carbonyl (C=O) groups excluding carboxylic acids is 1. The van der Waals surface area contributed by atoms with Gasteiger partial charge in [0, 0.05) is 17.9 Å². The van der Waals surface area contributed by atoms with Crippen LogP contribution in [0.1, 0.15) is 10.4 Å². The molecule has 1 N–H and O–H groups in total. The molecule has 0 aromatic heterocycles. The molecule has 0 aliphatic heterocycles. The molecule has 0 heterocycles. The number of rotatable bonds is 4. The van der Waals surface area contributed by atoms with Gasteiger partial charge < -0.3 is 5.32 Å². The molecule has 0 radical (unpaired) electrons.